The normalized spacial score (nSPS) is 29.4. The molecule has 0 unspecified atom stereocenters. The summed E-state index contributed by atoms with van der Waals surface area (Å²) in [5.74, 6) is -2.56. The fourth-order valence-electron chi connectivity index (χ4n) is 2.43. The smallest absolute Gasteiger partial charge is 0.272 e. The highest BCUT2D eigenvalue weighted by Gasteiger charge is 2.43. The number of non-ortho nitro benzene ring substituents is 1. The summed E-state index contributed by atoms with van der Waals surface area (Å²) >= 11 is 0. The molecule has 21 heavy (non-hydrogen) atoms. The molecule has 0 aromatic heterocycles. The zero-order valence-electron chi connectivity index (χ0n) is 11.3. The molecule has 1 saturated heterocycles. The van der Waals surface area contributed by atoms with Crippen LogP contribution in [0.2, 0.25) is 0 Å². The highest BCUT2D eigenvalue weighted by molar-refractivity contribution is 5.40. The zero-order chi connectivity index (χ0) is 15.8. The van der Waals surface area contributed by atoms with Crippen molar-refractivity contribution in [2.45, 2.75) is 31.0 Å². The number of hydrogen-bond acceptors (Lipinski definition) is 3. The topological polar surface area (TPSA) is 55.2 Å². The van der Waals surface area contributed by atoms with Crippen molar-refractivity contribution in [3.8, 4) is 0 Å². The molecule has 1 aliphatic heterocycles. The molecule has 2 rings (SSSR count). The molecule has 0 saturated carbocycles. The minimum absolute atomic E-state index is 0.00898. The minimum Gasteiger partial charge on any atom is -0.304 e. The van der Waals surface area contributed by atoms with Crippen LogP contribution in [0.4, 0.5) is 23.2 Å². The van der Waals surface area contributed by atoms with Crippen LogP contribution in [0.1, 0.15) is 25.3 Å². The minimum atomic E-state index is -2.05. The second-order valence-corrected chi connectivity index (χ2v) is 5.52. The van der Waals surface area contributed by atoms with Crippen LogP contribution in [-0.2, 0) is 5.54 Å². The summed E-state index contributed by atoms with van der Waals surface area (Å²) in [6.45, 7) is -0.0714. The number of halogens is 4. The molecule has 1 aromatic rings. The molecule has 1 aromatic carbocycles. The average Bonchev–Trinajstić information content (AvgIpc) is 2.45. The van der Waals surface area contributed by atoms with Gasteiger partial charge in [0.2, 0.25) is 0 Å². The summed E-state index contributed by atoms with van der Waals surface area (Å²) in [7, 11) is 0. The molecule has 0 bridgehead atoms. The Morgan fingerprint density at radius 1 is 1.38 bits per heavy atom. The van der Waals surface area contributed by atoms with Crippen LogP contribution < -0.4 is 5.32 Å². The van der Waals surface area contributed by atoms with Crippen molar-refractivity contribution in [2.24, 2.45) is 0 Å². The summed E-state index contributed by atoms with van der Waals surface area (Å²) in [5.41, 5.74) is -4.08. The van der Waals surface area contributed by atoms with Crippen LogP contribution in [0.3, 0.4) is 0 Å². The Morgan fingerprint density at radius 2 is 2.05 bits per heavy atom. The Morgan fingerprint density at radius 3 is 2.52 bits per heavy atom. The quantitative estimate of drug-likeness (QED) is 0.530. The lowest BCUT2D eigenvalue weighted by atomic mass is 9.79. The summed E-state index contributed by atoms with van der Waals surface area (Å²) in [6, 6.07) is 1.41. The van der Waals surface area contributed by atoms with E-state index < -0.39 is 40.1 Å². The number of rotatable bonds is 3. The molecule has 1 aliphatic rings. The van der Waals surface area contributed by atoms with Crippen LogP contribution in [0.5, 0.6) is 0 Å². The second-order valence-electron chi connectivity index (χ2n) is 5.52. The van der Waals surface area contributed by atoms with Gasteiger partial charge in [-0.1, -0.05) is 0 Å². The molecule has 2 atom stereocenters. The molecule has 1 fully saturated rings. The third-order valence-electron chi connectivity index (χ3n) is 3.93. The summed E-state index contributed by atoms with van der Waals surface area (Å²) in [4.78, 5) is 9.91. The lowest BCUT2D eigenvalue weighted by Gasteiger charge is -2.41. The first-order chi connectivity index (χ1) is 9.71. The molecule has 0 spiro atoms. The van der Waals surface area contributed by atoms with Gasteiger partial charge in [0.1, 0.15) is 6.67 Å². The van der Waals surface area contributed by atoms with Gasteiger partial charge in [-0.05, 0) is 19.8 Å². The Balaban J connectivity index is 2.40. The fraction of sp³-hybridized carbons (Fsp3) is 0.538. The van der Waals surface area contributed by atoms with Crippen LogP contribution in [0.15, 0.2) is 12.1 Å². The number of nitrogens with zero attached hydrogens (tertiary/aromatic N) is 1. The lowest BCUT2D eigenvalue weighted by Crippen LogP contribution is -2.54. The SMILES string of the molecule is C[C@@]1(c2cc([N+](=O)[O-])cc(F)c2F)CC[C@@](F)(CF)CN1. The van der Waals surface area contributed by atoms with Crippen molar-refractivity contribution in [1.29, 1.82) is 0 Å². The number of alkyl halides is 2. The third-order valence-corrected chi connectivity index (χ3v) is 3.93. The van der Waals surface area contributed by atoms with E-state index in [1.54, 1.807) is 0 Å². The molecule has 1 heterocycles. The number of nitrogens with one attached hydrogen (secondary N) is 1. The maximum absolute atomic E-state index is 13.9. The van der Waals surface area contributed by atoms with E-state index in [1.165, 1.54) is 6.92 Å². The van der Waals surface area contributed by atoms with Gasteiger partial charge in [-0.15, -0.1) is 0 Å². The highest BCUT2D eigenvalue weighted by Crippen LogP contribution is 2.38. The van der Waals surface area contributed by atoms with Crippen molar-refractivity contribution in [2.75, 3.05) is 13.2 Å². The van der Waals surface area contributed by atoms with Gasteiger partial charge in [0.25, 0.3) is 5.69 Å². The molecular weight excluding hydrogens is 292 g/mol. The number of piperidine rings is 1. The lowest BCUT2D eigenvalue weighted by molar-refractivity contribution is -0.385. The third kappa shape index (κ3) is 2.85. The largest absolute Gasteiger partial charge is 0.304 e. The summed E-state index contributed by atoms with van der Waals surface area (Å²) in [5, 5.41) is 13.4. The number of benzene rings is 1. The molecule has 0 amide bonds. The molecule has 1 N–H and O–H groups in total. The van der Waals surface area contributed by atoms with E-state index in [0.717, 1.165) is 6.07 Å². The molecule has 116 valence electrons. The van der Waals surface area contributed by atoms with Crippen molar-refractivity contribution >= 4 is 5.69 Å². The van der Waals surface area contributed by atoms with Gasteiger partial charge in [0.05, 0.1) is 11.0 Å². The van der Waals surface area contributed by atoms with E-state index in [2.05, 4.69) is 5.32 Å². The standard InChI is InChI=1S/C13H14F4N2O2/c1-12(2-3-13(17,6-14)7-18-12)9-4-8(19(20)21)5-10(15)11(9)16/h4-5,18H,2-3,6-7H2,1H3/t12-,13+/m0/s1. The van der Waals surface area contributed by atoms with Gasteiger partial charge >= 0.3 is 0 Å². The van der Waals surface area contributed by atoms with Gasteiger partial charge in [-0.25, -0.2) is 17.6 Å². The van der Waals surface area contributed by atoms with E-state index in [9.17, 15) is 27.7 Å². The van der Waals surface area contributed by atoms with Crippen molar-refractivity contribution < 1.29 is 22.5 Å². The molecule has 4 nitrogen and oxygen atoms in total. The Hall–Kier alpha value is -1.70. The fourth-order valence-corrected chi connectivity index (χ4v) is 2.43. The van der Waals surface area contributed by atoms with Gasteiger partial charge in [0, 0.05) is 23.7 Å². The van der Waals surface area contributed by atoms with Gasteiger partial charge in [0.15, 0.2) is 17.3 Å². The van der Waals surface area contributed by atoms with Crippen LogP contribution in [0.25, 0.3) is 0 Å². The highest BCUT2D eigenvalue weighted by atomic mass is 19.2. The zero-order valence-corrected chi connectivity index (χ0v) is 11.3. The number of nitro benzene ring substituents is 1. The average molecular weight is 306 g/mol. The Labute approximate surface area is 118 Å². The first-order valence-corrected chi connectivity index (χ1v) is 6.35. The van der Waals surface area contributed by atoms with Crippen molar-refractivity contribution in [3.63, 3.8) is 0 Å². The maximum atomic E-state index is 13.9. The Bertz CT molecular complexity index is 572. The van der Waals surface area contributed by atoms with Crippen LogP contribution >= 0.6 is 0 Å². The molecular formula is C13H14F4N2O2. The molecule has 8 heteroatoms. The van der Waals surface area contributed by atoms with Gasteiger partial charge in [-0.2, -0.15) is 0 Å². The molecule has 0 radical (unpaired) electrons. The van der Waals surface area contributed by atoms with E-state index in [0.29, 0.717) is 6.07 Å². The first-order valence-electron chi connectivity index (χ1n) is 6.35. The van der Waals surface area contributed by atoms with E-state index >= 15 is 0 Å². The maximum Gasteiger partial charge on any atom is 0.272 e. The van der Waals surface area contributed by atoms with Gasteiger partial charge in [-0.3, -0.25) is 10.1 Å². The Kier molecular flexibility index (Phi) is 3.92. The van der Waals surface area contributed by atoms with Gasteiger partial charge < -0.3 is 5.32 Å². The number of hydrogen-bond donors (Lipinski definition) is 1. The monoisotopic (exact) mass is 306 g/mol. The summed E-state index contributed by atoms with van der Waals surface area (Å²) in [6.07, 6.45) is -0.193. The van der Waals surface area contributed by atoms with Crippen LogP contribution in [-0.4, -0.2) is 23.8 Å². The van der Waals surface area contributed by atoms with Crippen molar-refractivity contribution in [1.82, 2.24) is 5.32 Å². The second kappa shape index (κ2) is 5.25. The van der Waals surface area contributed by atoms with Crippen molar-refractivity contribution in [3.05, 3.63) is 39.4 Å². The van der Waals surface area contributed by atoms with E-state index in [1.807, 2.05) is 0 Å². The predicted molar refractivity (Wildman–Crippen MR) is 67.4 cm³/mol. The van der Waals surface area contributed by atoms with Crippen LogP contribution in [0, 0.1) is 21.7 Å². The van der Waals surface area contributed by atoms with E-state index in [4.69, 9.17) is 0 Å². The number of nitro groups is 1. The summed E-state index contributed by atoms with van der Waals surface area (Å²) < 4.78 is 53.9. The van der Waals surface area contributed by atoms with E-state index in [-0.39, 0.29) is 24.9 Å². The predicted octanol–water partition coefficient (Wildman–Crippen LogP) is 3.15. The molecule has 0 aliphatic carbocycles. The first kappa shape index (κ1) is 15.7.